The summed E-state index contributed by atoms with van der Waals surface area (Å²) in [6.07, 6.45) is 0. The molecule has 0 spiro atoms. The van der Waals surface area contributed by atoms with Gasteiger partial charge in [-0.15, -0.1) is 5.10 Å². The molecule has 1 amide bonds. The van der Waals surface area contributed by atoms with E-state index < -0.39 is 5.97 Å². The van der Waals surface area contributed by atoms with E-state index in [1.54, 1.807) is 10.7 Å². The Hall–Kier alpha value is -2.91. The predicted octanol–water partition coefficient (Wildman–Crippen LogP) is 2.83. The fraction of sp³-hybridized carbons (Fsp3) is 0.118. The first-order valence-corrected chi connectivity index (χ1v) is 9.09. The molecule has 1 heterocycles. The van der Waals surface area contributed by atoms with Gasteiger partial charge in [0, 0.05) is 5.69 Å². The summed E-state index contributed by atoms with van der Waals surface area (Å²) < 4.78 is 6.21. The third kappa shape index (κ3) is 4.63. The topological polar surface area (TPSA) is 99.0 Å². The summed E-state index contributed by atoms with van der Waals surface area (Å²) in [4.78, 5) is 23.9. The quantitative estimate of drug-likeness (QED) is 0.499. The molecule has 1 aromatic heterocycles. The zero-order valence-electron chi connectivity index (χ0n) is 14.1. The number of nitrogens with one attached hydrogen (secondary N) is 1. The number of halogens is 1. The smallest absolute Gasteiger partial charge is 0.339 e. The van der Waals surface area contributed by atoms with Crippen LogP contribution in [-0.2, 0) is 9.53 Å². The highest BCUT2D eigenvalue weighted by Crippen LogP contribution is 2.22. The number of hydrogen-bond donors (Lipinski definition) is 1. The molecule has 0 radical (unpaired) electrons. The molecule has 2 aromatic carbocycles. The highest BCUT2D eigenvalue weighted by atomic mass is 35.5. The Morgan fingerprint density at radius 3 is 2.74 bits per heavy atom. The van der Waals surface area contributed by atoms with Crippen molar-refractivity contribution < 1.29 is 14.3 Å². The number of thioether (sulfide) groups is 1. The number of aromatic nitrogens is 4. The number of amides is 1. The highest BCUT2D eigenvalue weighted by molar-refractivity contribution is 7.99. The molecule has 0 unspecified atom stereocenters. The van der Waals surface area contributed by atoms with E-state index in [2.05, 4.69) is 25.6 Å². The van der Waals surface area contributed by atoms with Gasteiger partial charge in [-0.25, -0.2) is 4.79 Å². The monoisotopic (exact) mass is 403 g/mol. The molecular formula is C17H14ClN5O3S. The number of tetrazole rings is 1. The third-order valence-corrected chi connectivity index (χ3v) is 4.68. The van der Waals surface area contributed by atoms with Gasteiger partial charge in [0.1, 0.15) is 0 Å². The van der Waals surface area contributed by atoms with Gasteiger partial charge < -0.3 is 10.1 Å². The van der Waals surface area contributed by atoms with Crippen molar-refractivity contribution in [1.82, 2.24) is 20.2 Å². The van der Waals surface area contributed by atoms with E-state index in [-0.39, 0.29) is 22.2 Å². The summed E-state index contributed by atoms with van der Waals surface area (Å²) in [5, 5.41) is 15.0. The first-order valence-electron chi connectivity index (χ1n) is 7.73. The lowest BCUT2D eigenvalue weighted by Crippen LogP contribution is -2.15. The number of carbonyl (C=O) groups is 2. The van der Waals surface area contributed by atoms with Crippen molar-refractivity contribution in [3.63, 3.8) is 0 Å². The summed E-state index contributed by atoms with van der Waals surface area (Å²) in [5.41, 5.74) is 1.41. The maximum Gasteiger partial charge on any atom is 0.339 e. The number of esters is 1. The SMILES string of the molecule is COC(=O)c1cc(NC(=O)CSc2nnnn2-c2ccccc2)ccc1Cl. The molecule has 0 saturated carbocycles. The van der Waals surface area contributed by atoms with Crippen molar-refractivity contribution >= 4 is 40.9 Å². The molecule has 27 heavy (non-hydrogen) atoms. The van der Waals surface area contributed by atoms with Gasteiger partial charge in [0.25, 0.3) is 0 Å². The average molecular weight is 404 g/mol. The number of ether oxygens (including phenoxy) is 1. The van der Waals surface area contributed by atoms with Crippen LogP contribution in [0, 0.1) is 0 Å². The molecule has 0 aliphatic carbocycles. The normalized spacial score (nSPS) is 10.4. The first-order chi connectivity index (χ1) is 13.1. The third-order valence-electron chi connectivity index (χ3n) is 3.43. The van der Waals surface area contributed by atoms with E-state index in [0.29, 0.717) is 10.8 Å². The average Bonchev–Trinajstić information content (AvgIpc) is 3.16. The number of carbonyl (C=O) groups excluding carboxylic acids is 2. The van der Waals surface area contributed by atoms with E-state index in [9.17, 15) is 9.59 Å². The summed E-state index contributed by atoms with van der Waals surface area (Å²) in [6.45, 7) is 0. The van der Waals surface area contributed by atoms with Crippen LogP contribution in [0.5, 0.6) is 0 Å². The van der Waals surface area contributed by atoms with Gasteiger partial charge in [-0.2, -0.15) is 4.68 Å². The van der Waals surface area contributed by atoms with Crippen molar-refractivity contribution in [3.8, 4) is 5.69 Å². The maximum atomic E-state index is 12.2. The van der Waals surface area contributed by atoms with Crippen LogP contribution in [0.2, 0.25) is 5.02 Å². The Bertz CT molecular complexity index is 964. The molecule has 0 saturated heterocycles. The minimum atomic E-state index is -0.576. The van der Waals surface area contributed by atoms with Gasteiger partial charge in [-0.1, -0.05) is 41.6 Å². The lowest BCUT2D eigenvalue weighted by molar-refractivity contribution is -0.113. The van der Waals surface area contributed by atoms with Crippen LogP contribution in [0.15, 0.2) is 53.7 Å². The van der Waals surface area contributed by atoms with E-state index in [1.807, 2.05) is 30.3 Å². The van der Waals surface area contributed by atoms with Gasteiger partial charge in [0.2, 0.25) is 11.1 Å². The molecule has 138 valence electrons. The number of para-hydroxylation sites is 1. The van der Waals surface area contributed by atoms with Crippen LogP contribution in [0.1, 0.15) is 10.4 Å². The number of benzene rings is 2. The number of hydrogen-bond acceptors (Lipinski definition) is 7. The molecule has 0 aliphatic heterocycles. The van der Waals surface area contributed by atoms with Crippen molar-refractivity contribution in [2.24, 2.45) is 0 Å². The zero-order valence-corrected chi connectivity index (χ0v) is 15.7. The summed E-state index contributed by atoms with van der Waals surface area (Å²) in [5.74, 6) is -0.767. The van der Waals surface area contributed by atoms with E-state index >= 15 is 0 Å². The Balaban J connectivity index is 1.65. The molecule has 0 bridgehead atoms. The lowest BCUT2D eigenvalue weighted by atomic mass is 10.2. The highest BCUT2D eigenvalue weighted by Gasteiger charge is 2.14. The molecule has 3 aromatic rings. The van der Waals surface area contributed by atoms with Crippen molar-refractivity contribution in [1.29, 1.82) is 0 Å². The van der Waals surface area contributed by atoms with E-state index in [1.165, 1.54) is 31.0 Å². The molecule has 10 heteroatoms. The first kappa shape index (κ1) is 18.9. The second-order valence-electron chi connectivity index (χ2n) is 5.23. The number of nitrogens with zero attached hydrogens (tertiary/aromatic N) is 4. The molecule has 8 nitrogen and oxygen atoms in total. The predicted molar refractivity (Wildman–Crippen MR) is 101 cm³/mol. The second-order valence-corrected chi connectivity index (χ2v) is 6.58. The van der Waals surface area contributed by atoms with E-state index in [0.717, 1.165) is 5.69 Å². The minimum Gasteiger partial charge on any atom is -0.465 e. The Morgan fingerprint density at radius 1 is 1.22 bits per heavy atom. The number of rotatable bonds is 6. The Labute approximate surface area is 163 Å². The maximum absolute atomic E-state index is 12.2. The zero-order chi connectivity index (χ0) is 19.2. The number of anilines is 1. The second kappa shape index (κ2) is 8.65. The summed E-state index contributed by atoms with van der Waals surface area (Å²) >= 11 is 7.16. The van der Waals surface area contributed by atoms with Gasteiger partial charge in [0.05, 0.1) is 29.1 Å². The van der Waals surface area contributed by atoms with Crippen LogP contribution < -0.4 is 5.32 Å². The molecule has 0 fully saturated rings. The van der Waals surface area contributed by atoms with Crippen LogP contribution in [0.25, 0.3) is 5.69 Å². The molecule has 0 aliphatic rings. The van der Waals surface area contributed by atoms with Gasteiger partial charge in [-0.05, 0) is 40.8 Å². The van der Waals surface area contributed by atoms with Gasteiger partial charge >= 0.3 is 5.97 Å². The Kier molecular flexibility index (Phi) is 6.05. The van der Waals surface area contributed by atoms with Crippen LogP contribution in [-0.4, -0.2) is 44.9 Å². The standard InChI is InChI=1S/C17H14ClN5O3S/c1-26-16(25)13-9-11(7-8-14(13)18)19-15(24)10-27-17-20-21-22-23(17)12-5-3-2-4-6-12/h2-9H,10H2,1H3,(H,19,24). The van der Waals surface area contributed by atoms with Gasteiger partial charge in [0.15, 0.2) is 0 Å². The van der Waals surface area contributed by atoms with Crippen LogP contribution in [0.4, 0.5) is 5.69 Å². The van der Waals surface area contributed by atoms with Crippen LogP contribution >= 0.6 is 23.4 Å². The lowest BCUT2D eigenvalue weighted by Gasteiger charge is -2.08. The molecular weight excluding hydrogens is 390 g/mol. The van der Waals surface area contributed by atoms with Crippen LogP contribution in [0.3, 0.4) is 0 Å². The number of methoxy groups -OCH3 is 1. The van der Waals surface area contributed by atoms with E-state index in [4.69, 9.17) is 11.6 Å². The Morgan fingerprint density at radius 2 is 2.00 bits per heavy atom. The minimum absolute atomic E-state index is 0.0867. The van der Waals surface area contributed by atoms with Gasteiger partial charge in [-0.3, -0.25) is 4.79 Å². The van der Waals surface area contributed by atoms with Crippen molar-refractivity contribution in [2.75, 3.05) is 18.2 Å². The molecule has 3 rings (SSSR count). The fourth-order valence-electron chi connectivity index (χ4n) is 2.20. The molecule has 1 N–H and O–H groups in total. The van der Waals surface area contributed by atoms with Crippen molar-refractivity contribution in [3.05, 3.63) is 59.1 Å². The summed E-state index contributed by atoms with van der Waals surface area (Å²) in [6, 6.07) is 14.0. The largest absolute Gasteiger partial charge is 0.465 e. The molecule has 0 atom stereocenters. The summed E-state index contributed by atoms with van der Waals surface area (Å²) in [7, 11) is 1.26. The fourth-order valence-corrected chi connectivity index (χ4v) is 3.08. The van der Waals surface area contributed by atoms with Crippen molar-refractivity contribution in [2.45, 2.75) is 5.16 Å².